The second-order valence-electron chi connectivity index (χ2n) is 7.63. The third-order valence-electron chi connectivity index (χ3n) is 4.70. The standard InChI is InChI=1S/C24H27N/c1-5-9-19-12-13-20(18-10-7-6-8-11-18)16-22(19)23-15-14-21(17-25-23)24(2,3)4/h5-8,10-17,23,25H,1,9H2,2-4H3. The van der Waals surface area contributed by atoms with Crippen LogP contribution in [0, 0.1) is 5.41 Å². The zero-order valence-corrected chi connectivity index (χ0v) is 15.4. The minimum atomic E-state index is 0.157. The van der Waals surface area contributed by atoms with Gasteiger partial charge in [0.15, 0.2) is 0 Å². The molecule has 0 spiro atoms. The highest BCUT2D eigenvalue weighted by Gasteiger charge is 2.20. The number of benzene rings is 2. The first-order valence-electron chi connectivity index (χ1n) is 8.93. The Kier molecular flexibility index (Phi) is 4.94. The monoisotopic (exact) mass is 329 g/mol. The fraction of sp³-hybridized carbons (Fsp3) is 0.250. The van der Waals surface area contributed by atoms with Crippen molar-refractivity contribution in [3.05, 3.63) is 96.2 Å². The lowest BCUT2D eigenvalue weighted by molar-refractivity contribution is 0.505. The number of rotatable bonds is 4. The van der Waals surface area contributed by atoms with Crippen molar-refractivity contribution in [2.45, 2.75) is 33.2 Å². The van der Waals surface area contributed by atoms with Crippen LogP contribution in [-0.4, -0.2) is 0 Å². The van der Waals surface area contributed by atoms with Crippen molar-refractivity contribution in [1.29, 1.82) is 0 Å². The van der Waals surface area contributed by atoms with Gasteiger partial charge in [-0.1, -0.05) is 81.5 Å². The molecule has 1 heteroatoms. The maximum atomic E-state index is 3.92. The van der Waals surface area contributed by atoms with Gasteiger partial charge in [0.05, 0.1) is 6.04 Å². The van der Waals surface area contributed by atoms with Crippen LogP contribution < -0.4 is 5.32 Å². The van der Waals surface area contributed by atoms with Crippen LogP contribution in [0.25, 0.3) is 11.1 Å². The Balaban J connectivity index is 1.96. The van der Waals surface area contributed by atoms with Gasteiger partial charge in [-0.15, -0.1) is 6.58 Å². The van der Waals surface area contributed by atoms with Gasteiger partial charge in [-0.2, -0.15) is 0 Å². The second-order valence-corrected chi connectivity index (χ2v) is 7.63. The molecule has 1 unspecified atom stereocenters. The van der Waals surface area contributed by atoms with E-state index in [1.807, 2.05) is 6.08 Å². The summed E-state index contributed by atoms with van der Waals surface area (Å²) in [6, 6.07) is 17.5. The Morgan fingerprint density at radius 3 is 2.40 bits per heavy atom. The van der Waals surface area contributed by atoms with Crippen LogP contribution in [0.2, 0.25) is 0 Å². The molecular weight excluding hydrogens is 302 g/mol. The van der Waals surface area contributed by atoms with E-state index in [0.29, 0.717) is 0 Å². The van der Waals surface area contributed by atoms with Crippen LogP contribution in [0.4, 0.5) is 0 Å². The molecule has 1 aliphatic heterocycles. The molecule has 0 bridgehead atoms. The first-order valence-corrected chi connectivity index (χ1v) is 8.93. The van der Waals surface area contributed by atoms with Crippen LogP contribution in [0.3, 0.4) is 0 Å². The number of nitrogens with one attached hydrogen (secondary N) is 1. The van der Waals surface area contributed by atoms with Crippen LogP contribution in [0.1, 0.15) is 37.9 Å². The maximum absolute atomic E-state index is 3.92. The Bertz CT molecular complexity index is 804. The lowest BCUT2D eigenvalue weighted by atomic mass is 9.84. The summed E-state index contributed by atoms with van der Waals surface area (Å²) < 4.78 is 0. The van der Waals surface area contributed by atoms with Gasteiger partial charge in [-0.3, -0.25) is 0 Å². The average Bonchev–Trinajstić information content (AvgIpc) is 2.62. The molecule has 0 aliphatic carbocycles. The minimum absolute atomic E-state index is 0.157. The van der Waals surface area contributed by atoms with Gasteiger partial charge < -0.3 is 5.32 Å². The van der Waals surface area contributed by atoms with Crippen LogP contribution in [0.15, 0.2) is 85.1 Å². The van der Waals surface area contributed by atoms with Gasteiger partial charge >= 0.3 is 0 Å². The normalized spacial score (nSPS) is 16.9. The number of dihydropyridines is 1. The van der Waals surface area contributed by atoms with E-state index in [0.717, 1.165) is 6.42 Å². The fourth-order valence-corrected chi connectivity index (χ4v) is 3.18. The van der Waals surface area contributed by atoms with Crippen molar-refractivity contribution in [2.75, 3.05) is 0 Å². The van der Waals surface area contributed by atoms with E-state index in [9.17, 15) is 0 Å². The molecule has 3 rings (SSSR count). The molecule has 0 saturated carbocycles. The van der Waals surface area contributed by atoms with Gasteiger partial charge in [0.2, 0.25) is 0 Å². The lowest BCUT2D eigenvalue weighted by Gasteiger charge is -2.27. The Labute approximate surface area is 151 Å². The van der Waals surface area contributed by atoms with Crippen molar-refractivity contribution in [3.63, 3.8) is 0 Å². The SMILES string of the molecule is C=CCc1ccc(-c2ccccc2)cc1C1C=CC(C(C)(C)C)=CN1. The summed E-state index contributed by atoms with van der Waals surface area (Å²) >= 11 is 0. The molecule has 0 saturated heterocycles. The van der Waals surface area contributed by atoms with Crippen molar-refractivity contribution in [1.82, 2.24) is 5.32 Å². The summed E-state index contributed by atoms with van der Waals surface area (Å²) in [5, 5.41) is 3.59. The van der Waals surface area contributed by atoms with Crippen molar-refractivity contribution in [2.24, 2.45) is 5.41 Å². The smallest absolute Gasteiger partial charge is 0.0698 e. The van der Waals surface area contributed by atoms with Gasteiger partial charge in [0, 0.05) is 6.20 Å². The first kappa shape index (κ1) is 17.3. The molecular formula is C24H27N. The van der Waals surface area contributed by atoms with E-state index >= 15 is 0 Å². The van der Waals surface area contributed by atoms with Gasteiger partial charge in [0.1, 0.15) is 0 Å². The van der Waals surface area contributed by atoms with Crippen LogP contribution >= 0.6 is 0 Å². The fourth-order valence-electron chi connectivity index (χ4n) is 3.18. The molecule has 25 heavy (non-hydrogen) atoms. The molecule has 1 atom stereocenters. The van der Waals surface area contributed by atoms with E-state index in [2.05, 4.69) is 99.5 Å². The molecule has 128 valence electrons. The Morgan fingerprint density at radius 1 is 1.04 bits per heavy atom. The Morgan fingerprint density at radius 2 is 1.80 bits per heavy atom. The van der Waals surface area contributed by atoms with E-state index in [1.54, 1.807) is 0 Å². The topological polar surface area (TPSA) is 12.0 Å². The molecule has 0 radical (unpaired) electrons. The van der Waals surface area contributed by atoms with E-state index in [4.69, 9.17) is 0 Å². The highest BCUT2D eigenvalue weighted by atomic mass is 14.9. The first-order chi connectivity index (χ1) is 12.0. The van der Waals surface area contributed by atoms with Crippen LogP contribution in [-0.2, 0) is 6.42 Å². The quantitative estimate of drug-likeness (QED) is 0.657. The zero-order chi connectivity index (χ0) is 17.9. The second kappa shape index (κ2) is 7.14. The maximum Gasteiger partial charge on any atom is 0.0698 e. The summed E-state index contributed by atoms with van der Waals surface area (Å²) in [5.74, 6) is 0. The molecule has 0 amide bonds. The number of hydrogen-bond acceptors (Lipinski definition) is 1. The van der Waals surface area contributed by atoms with Gasteiger partial charge in [-0.25, -0.2) is 0 Å². The van der Waals surface area contributed by atoms with Crippen molar-refractivity contribution >= 4 is 0 Å². The molecule has 0 aromatic heterocycles. The molecule has 1 aliphatic rings. The summed E-state index contributed by atoms with van der Waals surface area (Å²) in [6.45, 7) is 10.6. The molecule has 1 N–H and O–H groups in total. The summed E-state index contributed by atoms with van der Waals surface area (Å²) in [4.78, 5) is 0. The molecule has 1 heterocycles. The van der Waals surface area contributed by atoms with Crippen molar-refractivity contribution < 1.29 is 0 Å². The average molecular weight is 329 g/mol. The number of hydrogen-bond donors (Lipinski definition) is 1. The lowest BCUT2D eigenvalue weighted by Crippen LogP contribution is -2.22. The van der Waals surface area contributed by atoms with E-state index < -0.39 is 0 Å². The zero-order valence-electron chi connectivity index (χ0n) is 15.4. The number of allylic oxidation sites excluding steroid dienone is 3. The molecule has 1 nitrogen and oxygen atoms in total. The predicted molar refractivity (Wildman–Crippen MR) is 108 cm³/mol. The van der Waals surface area contributed by atoms with Crippen LogP contribution in [0.5, 0.6) is 0 Å². The highest BCUT2D eigenvalue weighted by Crippen LogP contribution is 2.32. The summed E-state index contributed by atoms with van der Waals surface area (Å²) in [6.07, 6.45) is 9.55. The van der Waals surface area contributed by atoms with Gasteiger partial charge in [0.25, 0.3) is 0 Å². The Hall–Kier alpha value is -2.54. The summed E-state index contributed by atoms with van der Waals surface area (Å²) in [5.41, 5.74) is 6.63. The molecule has 2 aromatic rings. The van der Waals surface area contributed by atoms with Gasteiger partial charge in [-0.05, 0) is 45.7 Å². The summed E-state index contributed by atoms with van der Waals surface area (Å²) in [7, 11) is 0. The predicted octanol–water partition coefficient (Wildman–Crippen LogP) is 6.21. The van der Waals surface area contributed by atoms with E-state index in [-0.39, 0.29) is 11.5 Å². The third kappa shape index (κ3) is 3.93. The van der Waals surface area contributed by atoms with E-state index in [1.165, 1.54) is 27.8 Å². The minimum Gasteiger partial charge on any atom is -0.380 e. The van der Waals surface area contributed by atoms with Crippen molar-refractivity contribution in [3.8, 4) is 11.1 Å². The molecule has 0 fully saturated rings. The largest absolute Gasteiger partial charge is 0.380 e. The highest BCUT2D eigenvalue weighted by molar-refractivity contribution is 5.65. The third-order valence-corrected chi connectivity index (χ3v) is 4.70. The molecule has 2 aromatic carbocycles.